The van der Waals surface area contributed by atoms with E-state index >= 15 is 0 Å². The zero-order chi connectivity index (χ0) is 23.0. The van der Waals surface area contributed by atoms with E-state index in [1.54, 1.807) is 4.90 Å². The van der Waals surface area contributed by atoms with Crippen molar-refractivity contribution in [2.45, 2.75) is 25.9 Å². The van der Waals surface area contributed by atoms with Gasteiger partial charge in [0, 0.05) is 37.6 Å². The van der Waals surface area contributed by atoms with Crippen molar-refractivity contribution in [1.82, 2.24) is 4.90 Å². The van der Waals surface area contributed by atoms with Gasteiger partial charge in [0.2, 0.25) is 5.91 Å². The quantitative estimate of drug-likeness (QED) is 0.656. The Labute approximate surface area is 189 Å². The maximum Gasteiger partial charge on any atom is 0.417 e. The standard InChI is InChI=1S/C23H23ClF3N3O2/c1-15-18(28-10-2-3-11-28)8-5-9-19(15)30-13-12-29(14-20(30)31)22(32)16-6-4-7-17(21(16)24)23(25,26)27/h4-9H,2-3,10-14H2,1H3. The second-order valence-electron chi connectivity index (χ2n) is 8.05. The van der Waals surface area contributed by atoms with E-state index in [4.69, 9.17) is 11.6 Å². The number of hydrogen-bond acceptors (Lipinski definition) is 3. The summed E-state index contributed by atoms with van der Waals surface area (Å²) in [5.41, 5.74) is 1.58. The Balaban J connectivity index is 1.53. The highest BCUT2D eigenvalue weighted by Gasteiger charge is 2.36. The van der Waals surface area contributed by atoms with Crippen molar-refractivity contribution < 1.29 is 22.8 Å². The Morgan fingerprint density at radius 2 is 1.62 bits per heavy atom. The summed E-state index contributed by atoms with van der Waals surface area (Å²) >= 11 is 5.90. The van der Waals surface area contributed by atoms with Crippen LogP contribution in [-0.2, 0) is 11.0 Å². The smallest absolute Gasteiger partial charge is 0.371 e. The zero-order valence-corrected chi connectivity index (χ0v) is 18.3. The van der Waals surface area contributed by atoms with Gasteiger partial charge >= 0.3 is 6.18 Å². The van der Waals surface area contributed by atoms with Crippen LogP contribution in [0.5, 0.6) is 0 Å². The maximum atomic E-state index is 13.1. The summed E-state index contributed by atoms with van der Waals surface area (Å²) in [5, 5.41) is -0.644. The van der Waals surface area contributed by atoms with Gasteiger partial charge in [-0.1, -0.05) is 23.7 Å². The SMILES string of the molecule is Cc1c(N2CCCC2)cccc1N1CCN(C(=O)c2cccc(C(F)(F)F)c2Cl)CC1=O. The van der Waals surface area contributed by atoms with E-state index in [1.807, 2.05) is 25.1 Å². The predicted octanol–water partition coefficient (Wildman–Crippen LogP) is 4.76. The number of carbonyl (C=O) groups excluding carboxylic acids is 2. The van der Waals surface area contributed by atoms with Crippen molar-refractivity contribution in [3.8, 4) is 0 Å². The molecule has 170 valence electrons. The fraction of sp³-hybridized carbons (Fsp3) is 0.391. The minimum Gasteiger partial charge on any atom is -0.371 e. The first kappa shape index (κ1) is 22.5. The fourth-order valence-electron chi connectivity index (χ4n) is 4.39. The highest BCUT2D eigenvalue weighted by atomic mass is 35.5. The molecule has 9 heteroatoms. The molecule has 0 spiro atoms. The van der Waals surface area contributed by atoms with Gasteiger partial charge < -0.3 is 14.7 Å². The molecule has 2 aromatic carbocycles. The van der Waals surface area contributed by atoms with Crippen molar-refractivity contribution >= 4 is 34.8 Å². The lowest BCUT2D eigenvalue weighted by Gasteiger charge is -2.36. The summed E-state index contributed by atoms with van der Waals surface area (Å²) in [5.74, 6) is -0.967. The van der Waals surface area contributed by atoms with Crippen LogP contribution in [-0.4, -0.2) is 49.4 Å². The van der Waals surface area contributed by atoms with Gasteiger partial charge in [-0.3, -0.25) is 9.59 Å². The Morgan fingerprint density at radius 3 is 2.28 bits per heavy atom. The molecule has 5 nitrogen and oxygen atoms in total. The Bertz CT molecular complexity index is 1050. The molecule has 0 radical (unpaired) electrons. The van der Waals surface area contributed by atoms with Gasteiger partial charge in [0.1, 0.15) is 6.54 Å². The van der Waals surface area contributed by atoms with Gasteiger partial charge in [-0.2, -0.15) is 13.2 Å². The lowest BCUT2D eigenvalue weighted by molar-refractivity contribution is -0.137. The van der Waals surface area contributed by atoms with Crippen molar-refractivity contribution in [2.24, 2.45) is 0 Å². The third-order valence-corrected chi connectivity index (χ3v) is 6.46. The van der Waals surface area contributed by atoms with Crippen molar-refractivity contribution in [3.63, 3.8) is 0 Å². The van der Waals surface area contributed by atoms with Crippen molar-refractivity contribution in [1.29, 1.82) is 0 Å². The van der Waals surface area contributed by atoms with Crippen molar-refractivity contribution in [3.05, 3.63) is 58.1 Å². The Hall–Kier alpha value is -2.74. The number of nitrogens with zero attached hydrogens (tertiary/aromatic N) is 3. The minimum atomic E-state index is -4.67. The van der Waals surface area contributed by atoms with E-state index in [2.05, 4.69) is 4.90 Å². The number of hydrogen-bond donors (Lipinski definition) is 0. The summed E-state index contributed by atoms with van der Waals surface area (Å²) in [4.78, 5) is 31.0. The van der Waals surface area contributed by atoms with Crippen LogP contribution >= 0.6 is 11.6 Å². The van der Waals surface area contributed by atoms with Crippen LogP contribution < -0.4 is 9.80 Å². The third kappa shape index (κ3) is 4.16. The molecule has 0 saturated carbocycles. The van der Waals surface area contributed by atoms with Gasteiger partial charge in [0.05, 0.1) is 16.1 Å². The van der Waals surface area contributed by atoms with Crippen LogP contribution in [0.3, 0.4) is 0 Å². The van der Waals surface area contributed by atoms with Gasteiger partial charge in [-0.25, -0.2) is 0 Å². The molecule has 0 aromatic heterocycles. The molecule has 4 rings (SSSR count). The van der Waals surface area contributed by atoms with E-state index in [9.17, 15) is 22.8 Å². The summed E-state index contributed by atoms with van der Waals surface area (Å²) in [6.45, 7) is 4.18. The van der Waals surface area contributed by atoms with Crippen LogP contribution in [0.2, 0.25) is 5.02 Å². The zero-order valence-electron chi connectivity index (χ0n) is 17.6. The van der Waals surface area contributed by atoms with Crippen LogP contribution in [0.4, 0.5) is 24.5 Å². The summed E-state index contributed by atoms with van der Waals surface area (Å²) in [7, 11) is 0. The molecule has 2 aliphatic rings. The number of amides is 2. The van der Waals surface area contributed by atoms with E-state index in [0.29, 0.717) is 0 Å². The lowest BCUT2D eigenvalue weighted by atomic mass is 10.1. The lowest BCUT2D eigenvalue weighted by Crippen LogP contribution is -2.52. The maximum absolute atomic E-state index is 13.1. The summed E-state index contributed by atoms with van der Waals surface area (Å²) in [6, 6.07) is 9.08. The number of halogens is 4. The Morgan fingerprint density at radius 1 is 0.969 bits per heavy atom. The average molecular weight is 466 g/mol. The van der Waals surface area contributed by atoms with E-state index in [-0.39, 0.29) is 31.1 Å². The third-order valence-electron chi connectivity index (χ3n) is 6.06. The highest BCUT2D eigenvalue weighted by Crippen LogP contribution is 2.37. The Kier molecular flexibility index (Phi) is 6.07. The van der Waals surface area contributed by atoms with Crippen LogP contribution in [0.1, 0.15) is 34.3 Å². The topological polar surface area (TPSA) is 43.9 Å². The average Bonchev–Trinajstić information content (AvgIpc) is 3.27. The molecule has 0 atom stereocenters. The molecule has 0 aliphatic carbocycles. The van der Waals surface area contributed by atoms with Gasteiger partial charge in [-0.15, -0.1) is 0 Å². The van der Waals surface area contributed by atoms with E-state index < -0.39 is 22.7 Å². The number of carbonyl (C=O) groups is 2. The number of rotatable bonds is 3. The van der Waals surface area contributed by atoms with Crippen LogP contribution in [0.25, 0.3) is 0 Å². The largest absolute Gasteiger partial charge is 0.417 e. The highest BCUT2D eigenvalue weighted by molar-refractivity contribution is 6.34. The fourth-order valence-corrected chi connectivity index (χ4v) is 4.71. The monoisotopic (exact) mass is 465 g/mol. The van der Waals surface area contributed by atoms with Crippen LogP contribution in [0, 0.1) is 6.92 Å². The first-order chi connectivity index (χ1) is 15.2. The second-order valence-corrected chi connectivity index (χ2v) is 8.43. The summed E-state index contributed by atoms with van der Waals surface area (Å²) < 4.78 is 39.4. The first-order valence-corrected chi connectivity index (χ1v) is 10.9. The van der Waals surface area contributed by atoms with E-state index in [0.717, 1.165) is 55.0 Å². The van der Waals surface area contributed by atoms with Crippen molar-refractivity contribution in [2.75, 3.05) is 42.5 Å². The number of alkyl halides is 3. The molecule has 2 aliphatic heterocycles. The number of benzene rings is 2. The molecule has 0 N–H and O–H groups in total. The van der Waals surface area contributed by atoms with E-state index in [1.165, 1.54) is 11.0 Å². The molecule has 2 heterocycles. The number of anilines is 2. The molecule has 0 unspecified atom stereocenters. The predicted molar refractivity (Wildman–Crippen MR) is 117 cm³/mol. The molecule has 32 heavy (non-hydrogen) atoms. The van der Waals surface area contributed by atoms with Gasteiger partial charge in [0.25, 0.3) is 5.91 Å². The molecule has 0 bridgehead atoms. The molecular weight excluding hydrogens is 443 g/mol. The molecule has 2 saturated heterocycles. The second kappa shape index (κ2) is 8.65. The van der Waals surface area contributed by atoms with Crippen LogP contribution in [0.15, 0.2) is 36.4 Å². The first-order valence-electron chi connectivity index (χ1n) is 10.5. The molecule has 2 fully saturated rings. The van der Waals surface area contributed by atoms with Gasteiger partial charge in [-0.05, 0) is 49.6 Å². The normalized spacial score (nSPS) is 17.3. The van der Waals surface area contributed by atoms with Gasteiger partial charge in [0.15, 0.2) is 0 Å². The minimum absolute atomic E-state index is 0.199. The molecular formula is C23H23ClF3N3O2. The summed E-state index contributed by atoms with van der Waals surface area (Å²) in [6.07, 6.45) is -2.39. The molecule has 2 amide bonds. The molecule has 2 aromatic rings. The number of piperazine rings is 1.